The predicted octanol–water partition coefficient (Wildman–Crippen LogP) is 2.29. The minimum absolute atomic E-state index is 0.0399. The van der Waals surface area contributed by atoms with Crippen LogP contribution >= 0.6 is 11.8 Å². The summed E-state index contributed by atoms with van der Waals surface area (Å²) in [5.41, 5.74) is 1.15. The first-order valence-electron chi connectivity index (χ1n) is 11.2. The number of aliphatic carboxylic acids is 1. The minimum atomic E-state index is -1.09. The summed E-state index contributed by atoms with van der Waals surface area (Å²) in [6.45, 7) is 3.56. The van der Waals surface area contributed by atoms with E-state index in [1.54, 1.807) is 44.2 Å². The van der Waals surface area contributed by atoms with Crippen LogP contribution in [0.3, 0.4) is 0 Å². The van der Waals surface area contributed by atoms with Crippen LogP contribution in [0.5, 0.6) is 0 Å². The Balaban J connectivity index is 1.50. The first kappa shape index (κ1) is 25.2. The van der Waals surface area contributed by atoms with E-state index in [1.807, 2.05) is 30.3 Å². The Kier molecular flexibility index (Phi) is 7.02. The van der Waals surface area contributed by atoms with Gasteiger partial charge in [-0.25, -0.2) is 14.6 Å². The van der Waals surface area contributed by atoms with Crippen molar-refractivity contribution in [1.29, 1.82) is 0 Å². The Hall–Kier alpha value is -3.86. The molecule has 11 heteroatoms. The number of β-lactam (4-membered cyclic amide) rings is 1. The molecule has 2 saturated heterocycles. The number of fused-ring (bicyclic) bond motifs is 1. The number of hydrazone groups is 1. The van der Waals surface area contributed by atoms with Gasteiger partial charge in [-0.3, -0.25) is 9.59 Å². The molecule has 0 unspecified atom stereocenters. The van der Waals surface area contributed by atoms with Gasteiger partial charge in [0.1, 0.15) is 24.1 Å². The maximum atomic E-state index is 13.3. The molecule has 2 fully saturated rings. The minimum Gasteiger partial charge on any atom is -0.480 e. The third-order valence-electron chi connectivity index (χ3n) is 5.94. The van der Waals surface area contributed by atoms with Gasteiger partial charge in [0.05, 0.1) is 0 Å². The van der Waals surface area contributed by atoms with Gasteiger partial charge in [0.15, 0.2) is 5.71 Å². The monoisotopic (exact) mass is 510 g/mol. The van der Waals surface area contributed by atoms with Crippen LogP contribution in [0.2, 0.25) is 0 Å². The van der Waals surface area contributed by atoms with Gasteiger partial charge < -0.3 is 20.1 Å². The molecular formula is C25H26N4O6S. The Morgan fingerprint density at radius 2 is 1.72 bits per heavy atom. The normalized spacial score (nSPS) is 22.3. The Morgan fingerprint density at radius 1 is 1.11 bits per heavy atom. The highest BCUT2D eigenvalue weighted by molar-refractivity contribution is 8.01. The van der Waals surface area contributed by atoms with Crippen molar-refractivity contribution in [3.05, 3.63) is 71.8 Å². The van der Waals surface area contributed by atoms with E-state index in [4.69, 9.17) is 4.74 Å². The fraction of sp³-hybridized carbons (Fsp3) is 0.320. The number of carbonyl (C=O) groups excluding carboxylic acids is 3. The number of thioether (sulfide) groups is 1. The van der Waals surface area contributed by atoms with Gasteiger partial charge in [0, 0.05) is 17.4 Å². The second-order valence-electron chi connectivity index (χ2n) is 8.93. The van der Waals surface area contributed by atoms with Gasteiger partial charge in [-0.1, -0.05) is 60.7 Å². The van der Waals surface area contributed by atoms with Crippen LogP contribution in [0.4, 0.5) is 4.79 Å². The molecule has 0 saturated carbocycles. The second-order valence-corrected chi connectivity index (χ2v) is 10.7. The average molecular weight is 511 g/mol. The van der Waals surface area contributed by atoms with Crippen LogP contribution in [-0.4, -0.2) is 73.9 Å². The van der Waals surface area contributed by atoms with Crippen LogP contribution in [0, 0.1) is 0 Å². The third kappa shape index (κ3) is 4.92. The molecule has 2 aromatic carbocycles. The summed E-state index contributed by atoms with van der Waals surface area (Å²) in [5, 5.41) is 16.9. The molecule has 0 spiro atoms. The lowest BCUT2D eigenvalue weighted by atomic mass is 9.96. The molecule has 2 aliphatic heterocycles. The van der Waals surface area contributed by atoms with Gasteiger partial charge in [0.25, 0.3) is 5.91 Å². The SMILES string of the molecule is CN(N=C(C(=O)N[C@@H]1C(=O)N2[C@@H]1SC(C)(C)[C@@H]2C(=O)O)c1ccccc1)C(=O)OCc1ccccc1. The lowest BCUT2D eigenvalue weighted by Crippen LogP contribution is -2.71. The number of hydrogen-bond acceptors (Lipinski definition) is 7. The summed E-state index contributed by atoms with van der Waals surface area (Å²) in [4.78, 5) is 51.6. The molecule has 2 aromatic rings. The lowest BCUT2D eigenvalue weighted by Gasteiger charge is -2.43. The summed E-state index contributed by atoms with van der Waals surface area (Å²) >= 11 is 1.32. The summed E-state index contributed by atoms with van der Waals surface area (Å²) in [6.07, 6.45) is -0.761. The fourth-order valence-corrected chi connectivity index (χ4v) is 5.81. The summed E-state index contributed by atoms with van der Waals surface area (Å²) in [6, 6.07) is 15.8. The fourth-order valence-electron chi connectivity index (χ4n) is 4.19. The molecule has 36 heavy (non-hydrogen) atoms. The first-order chi connectivity index (χ1) is 17.1. The standard InChI is InChI=1S/C25H26N4O6S/c1-25(2)19(23(32)33)29-21(31)18(22(29)36-25)26-20(30)17(16-12-8-5-9-13-16)27-28(3)24(34)35-14-15-10-6-4-7-11-15/h4-13,18-19,22H,14H2,1-3H3,(H,26,30)(H,32,33)/t18-,19+,22-/m1/s1. The first-order valence-corrected chi connectivity index (χ1v) is 12.1. The van der Waals surface area contributed by atoms with E-state index in [9.17, 15) is 24.3 Å². The van der Waals surface area contributed by atoms with Crippen LogP contribution in [0.1, 0.15) is 25.0 Å². The molecule has 2 aliphatic rings. The van der Waals surface area contributed by atoms with Crippen molar-refractivity contribution < 1.29 is 29.0 Å². The van der Waals surface area contributed by atoms with Gasteiger partial charge in [-0.15, -0.1) is 11.8 Å². The molecule has 2 N–H and O–H groups in total. The molecule has 0 bridgehead atoms. The third-order valence-corrected chi connectivity index (χ3v) is 7.51. The number of benzene rings is 2. The number of hydrogen-bond donors (Lipinski definition) is 2. The molecule has 0 aliphatic carbocycles. The highest BCUT2D eigenvalue weighted by Gasteiger charge is 2.64. The van der Waals surface area contributed by atoms with Gasteiger partial charge in [-0.05, 0) is 19.4 Å². The van der Waals surface area contributed by atoms with Crippen molar-refractivity contribution in [3.63, 3.8) is 0 Å². The van der Waals surface area contributed by atoms with Crippen LogP contribution in [-0.2, 0) is 25.7 Å². The van der Waals surface area contributed by atoms with Crippen LogP contribution in [0.25, 0.3) is 0 Å². The number of amides is 3. The largest absolute Gasteiger partial charge is 0.480 e. The highest BCUT2D eigenvalue weighted by atomic mass is 32.2. The van der Waals surface area contributed by atoms with Crippen molar-refractivity contribution in [2.24, 2.45) is 5.10 Å². The summed E-state index contributed by atoms with van der Waals surface area (Å²) in [5.74, 6) is -2.23. The molecule has 4 rings (SSSR count). The van der Waals surface area contributed by atoms with Crippen LogP contribution < -0.4 is 5.32 Å². The van der Waals surface area contributed by atoms with Gasteiger partial charge in [-0.2, -0.15) is 5.10 Å². The smallest absolute Gasteiger partial charge is 0.430 e. The summed E-state index contributed by atoms with van der Waals surface area (Å²) in [7, 11) is 1.37. The average Bonchev–Trinajstić information content (AvgIpc) is 3.13. The predicted molar refractivity (Wildman–Crippen MR) is 133 cm³/mol. The number of ether oxygens (including phenoxy) is 1. The van der Waals surface area contributed by atoms with E-state index >= 15 is 0 Å². The molecule has 0 radical (unpaired) electrons. The van der Waals surface area contributed by atoms with Gasteiger partial charge >= 0.3 is 12.1 Å². The van der Waals surface area contributed by atoms with E-state index in [1.165, 1.54) is 23.7 Å². The molecular weight excluding hydrogens is 484 g/mol. The topological polar surface area (TPSA) is 129 Å². The summed E-state index contributed by atoms with van der Waals surface area (Å²) < 4.78 is 4.56. The molecule has 10 nitrogen and oxygen atoms in total. The quantitative estimate of drug-likeness (QED) is 0.332. The number of nitrogens with one attached hydrogen (secondary N) is 1. The number of carboxylic acid groups (broad SMARTS) is 1. The van der Waals surface area contributed by atoms with E-state index in [0.29, 0.717) is 5.56 Å². The Morgan fingerprint density at radius 3 is 2.33 bits per heavy atom. The second kappa shape index (κ2) is 10.0. The zero-order chi connectivity index (χ0) is 26.0. The van der Waals surface area contributed by atoms with Crippen molar-refractivity contribution in [2.45, 2.75) is 42.7 Å². The zero-order valence-electron chi connectivity index (χ0n) is 20.0. The van der Waals surface area contributed by atoms with E-state index in [0.717, 1.165) is 10.6 Å². The lowest BCUT2D eigenvalue weighted by molar-refractivity contribution is -0.160. The Labute approximate surface area is 212 Å². The number of rotatable bonds is 7. The van der Waals surface area contributed by atoms with Crippen molar-refractivity contribution >= 4 is 41.4 Å². The number of nitrogens with zero attached hydrogens (tertiary/aromatic N) is 3. The number of carbonyl (C=O) groups is 4. The molecule has 0 aromatic heterocycles. The molecule has 2 heterocycles. The maximum absolute atomic E-state index is 13.3. The Bertz CT molecular complexity index is 1200. The molecule has 188 valence electrons. The zero-order valence-corrected chi connectivity index (χ0v) is 20.8. The maximum Gasteiger partial charge on any atom is 0.430 e. The van der Waals surface area contributed by atoms with Crippen molar-refractivity contribution in [3.8, 4) is 0 Å². The number of carboxylic acids is 1. The van der Waals surface area contributed by atoms with Crippen LogP contribution in [0.15, 0.2) is 65.8 Å². The van der Waals surface area contributed by atoms with E-state index in [-0.39, 0.29) is 12.3 Å². The molecule has 3 atom stereocenters. The van der Waals surface area contributed by atoms with Gasteiger partial charge in [0.2, 0.25) is 5.91 Å². The highest BCUT2D eigenvalue weighted by Crippen LogP contribution is 2.50. The van der Waals surface area contributed by atoms with E-state index < -0.39 is 46.1 Å². The molecule has 3 amide bonds. The van der Waals surface area contributed by atoms with Crippen molar-refractivity contribution in [2.75, 3.05) is 7.05 Å². The van der Waals surface area contributed by atoms with Crippen molar-refractivity contribution in [1.82, 2.24) is 15.2 Å². The van der Waals surface area contributed by atoms with E-state index in [2.05, 4.69) is 10.4 Å².